The lowest BCUT2D eigenvalue weighted by Gasteiger charge is -2.25. The van der Waals surface area contributed by atoms with Crippen molar-refractivity contribution in [1.29, 1.82) is 0 Å². The van der Waals surface area contributed by atoms with E-state index in [0.717, 1.165) is 47.7 Å². The predicted octanol–water partition coefficient (Wildman–Crippen LogP) is 3.59. The molecule has 3 aromatic rings. The number of hydrogen-bond acceptors (Lipinski definition) is 6. The van der Waals surface area contributed by atoms with Gasteiger partial charge in [-0.15, -0.1) is 0 Å². The van der Waals surface area contributed by atoms with Gasteiger partial charge in [-0.25, -0.2) is 4.98 Å². The second kappa shape index (κ2) is 12.5. The lowest BCUT2D eigenvalue weighted by Crippen LogP contribution is -2.37. The zero-order valence-electron chi connectivity index (χ0n) is 20.7. The van der Waals surface area contributed by atoms with Crippen LogP contribution in [0.25, 0.3) is 0 Å². The fourth-order valence-corrected chi connectivity index (χ4v) is 4.27. The van der Waals surface area contributed by atoms with Gasteiger partial charge in [-0.05, 0) is 41.8 Å². The molecule has 4 rings (SSSR count). The Balaban J connectivity index is 1.45. The van der Waals surface area contributed by atoms with E-state index in [4.69, 9.17) is 9.47 Å². The summed E-state index contributed by atoms with van der Waals surface area (Å²) in [6.45, 7) is 5.38. The van der Waals surface area contributed by atoms with E-state index in [1.54, 1.807) is 19.5 Å². The number of methoxy groups -OCH3 is 1. The maximum Gasteiger partial charge on any atom is 0.237 e. The molecule has 35 heavy (non-hydrogen) atoms. The number of aromatic nitrogens is 3. The molecule has 0 spiro atoms. The van der Waals surface area contributed by atoms with Crippen molar-refractivity contribution in [2.45, 2.75) is 52.0 Å². The number of carbonyl (C=O) groups is 1. The summed E-state index contributed by atoms with van der Waals surface area (Å²) in [5, 5.41) is 0. The van der Waals surface area contributed by atoms with Gasteiger partial charge in [0, 0.05) is 56.9 Å². The first-order chi connectivity index (χ1) is 17.1. The number of hydrogen-bond donors (Lipinski definition) is 1. The summed E-state index contributed by atoms with van der Waals surface area (Å²) in [5.74, 6) is 1.91. The Morgan fingerprint density at radius 3 is 2.60 bits per heavy atom. The molecular weight excluding hydrogens is 442 g/mol. The highest BCUT2D eigenvalue weighted by Gasteiger charge is 2.29. The Morgan fingerprint density at radius 2 is 1.86 bits per heavy atom. The van der Waals surface area contributed by atoms with E-state index in [1.807, 2.05) is 47.5 Å². The molecule has 186 valence electrons. The van der Waals surface area contributed by atoms with Gasteiger partial charge in [-0.2, -0.15) is 0 Å². The maximum atomic E-state index is 13.3. The average Bonchev–Trinajstić information content (AvgIpc) is 3.27. The van der Waals surface area contributed by atoms with Gasteiger partial charge in [0.2, 0.25) is 5.91 Å². The first-order valence-corrected chi connectivity index (χ1v) is 12.3. The summed E-state index contributed by atoms with van der Waals surface area (Å²) in [5.41, 5.74) is 3.16. The normalized spacial score (nSPS) is 16.9. The van der Waals surface area contributed by atoms with Crippen LogP contribution < -0.4 is 4.74 Å². The Kier molecular flexibility index (Phi) is 8.86. The molecular formula is C27H35N5O3. The number of unbranched alkanes of at least 4 members (excludes halogenated alkanes) is 1. The average molecular weight is 478 g/mol. The standard InChI is InChI=1S/C27H35N5O3/c1-3-4-5-26-29-14-23(30-26)16-31-17-25(35-20-22-10-12-28-13-11-22)18-32(27(33)19-31)15-21-6-8-24(34-2)9-7-21/h6-14,25H,3-5,15-20H2,1-2H3,(H,29,30)/t25-/m0/s1. The van der Waals surface area contributed by atoms with E-state index < -0.39 is 0 Å². The van der Waals surface area contributed by atoms with Crippen molar-refractivity contribution < 1.29 is 14.3 Å². The number of benzene rings is 1. The van der Waals surface area contributed by atoms with Crippen LogP contribution in [-0.2, 0) is 35.6 Å². The molecule has 0 radical (unpaired) electrons. The van der Waals surface area contributed by atoms with Gasteiger partial charge in [0.1, 0.15) is 11.6 Å². The molecule has 1 atom stereocenters. The monoisotopic (exact) mass is 477 g/mol. The van der Waals surface area contributed by atoms with Crippen LogP contribution in [0.4, 0.5) is 0 Å². The number of carbonyl (C=O) groups excluding carboxylic acids is 1. The van der Waals surface area contributed by atoms with Gasteiger partial charge in [-0.3, -0.25) is 14.7 Å². The quantitative estimate of drug-likeness (QED) is 0.455. The number of pyridine rings is 1. The van der Waals surface area contributed by atoms with E-state index >= 15 is 0 Å². The smallest absolute Gasteiger partial charge is 0.237 e. The van der Waals surface area contributed by atoms with E-state index in [2.05, 4.69) is 26.8 Å². The third-order valence-electron chi connectivity index (χ3n) is 6.21. The van der Waals surface area contributed by atoms with Gasteiger partial charge in [0.25, 0.3) is 0 Å². The zero-order chi connectivity index (χ0) is 24.5. The van der Waals surface area contributed by atoms with Gasteiger partial charge in [0.05, 0.1) is 26.4 Å². The minimum absolute atomic E-state index is 0.0987. The molecule has 1 saturated heterocycles. The summed E-state index contributed by atoms with van der Waals surface area (Å²) >= 11 is 0. The molecule has 0 bridgehead atoms. The van der Waals surface area contributed by atoms with E-state index in [0.29, 0.717) is 39.3 Å². The van der Waals surface area contributed by atoms with Crippen molar-refractivity contribution in [2.24, 2.45) is 0 Å². The van der Waals surface area contributed by atoms with Crippen molar-refractivity contribution in [3.05, 3.63) is 77.6 Å². The van der Waals surface area contributed by atoms with Crippen LogP contribution >= 0.6 is 0 Å². The van der Waals surface area contributed by atoms with E-state index in [-0.39, 0.29) is 12.0 Å². The molecule has 1 aliphatic rings. The first-order valence-electron chi connectivity index (χ1n) is 12.3. The molecule has 2 aromatic heterocycles. The van der Waals surface area contributed by atoms with Crippen LogP contribution in [0.1, 0.15) is 42.4 Å². The Bertz CT molecular complexity index is 1050. The van der Waals surface area contributed by atoms with E-state index in [9.17, 15) is 4.79 Å². The molecule has 0 aliphatic carbocycles. The minimum Gasteiger partial charge on any atom is -0.497 e. The molecule has 1 amide bonds. The molecule has 0 unspecified atom stereocenters. The lowest BCUT2D eigenvalue weighted by atomic mass is 10.2. The van der Waals surface area contributed by atoms with Crippen molar-refractivity contribution in [3.63, 3.8) is 0 Å². The van der Waals surface area contributed by atoms with E-state index in [1.165, 1.54) is 0 Å². The SMILES string of the molecule is CCCCc1ncc(CN2CC(=O)N(Cc3ccc(OC)cc3)C[C@@H](OCc3ccncc3)C2)[nH]1. The third-order valence-corrected chi connectivity index (χ3v) is 6.21. The number of imidazole rings is 1. The summed E-state index contributed by atoms with van der Waals surface area (Å²) in [4.78, 5) is 29.4. The van der Waals surface area contributed by atoms with Crippen molar-refractivity contribution >= 4 is 5.91 Å². The van der Waals surface area contributed by atoms with Crippen LogP contribution in [0.3, 0.4) is 0 Å². The van der Waals surface area contributed by atoms with Crippen LogP contribution in [0.15, 0.2) is 55.0 Å². The molecule has 3 heterocycles. The number of aromatic amines is 1. The van der Waals surface area contributed by atoms with Crippen LogP contribution in [-0.4, -0.2) is 63.5 Å². The van der Waals surface area contributed by atoms with Crippen molar-refractivity contribution in [2.75, 3.05) is 26.7 Å². The Morgan fingerprint density at radius 1 is 1.06 bits per heavy atom. The number of ether oxygens (including phenoxy) is 2. The van der Waals surface area contributed by atoms with Gasteiger partial charge < -0.3 is 19.4 Å². The molecule has 8 heteroatoms. The Hall–Kier alpha value is -3.23. The zero-order valence-corrected chi connectivity index (χ0v) is 20.7. The fourth-order valence-electron chi connectivity index (χ4n) is 4.27. The summed E-state index contributed by atoms with van der Waals surface area (Å²) in [7, 11) is 1.65. The Labute approximate surface area is 207 Å². The molecule has 1 aromatic carbocycles. The van der Waals surface area contributed by atoms with Crippen molar-refractivity contribution in [3.8, 4) is 5.75 Å². The topological polar surface area (TPSA) is 83.6 Å². The van der Waals surface area contributed by atoms with Gasteiger partial charge in [-0.1, -0.05) is 25.5 Å². The molecule has 1 aliphatic heterocycles. The number of rotatable bonds is 11. The first kappa shape index (κ1) is 24.9. The molecule has 1 fully saturated rings. The summed E-state index contributed by atoms with van der Waals surface area (Å²) < 4.78 is 11.6. The van der Waals surface area contributed by atoms with Crippen LogP contribution in [0, 0.1) is 0 Å². The molecule has 1 N–H and O–H groups in total. The number of amides is 1. The minimum atomic E-state index is -0.115. The number of aryl methyl sites for hydroxylation is 1. The van der Waals surface area contributed by atoms with Crippen LogP contribution in [0.2, 0.25) is 0 Å². The third kappa shape index (κ3) is 7.37. The number of H-pyrrole nitrogens is 1. The fraction of sp³-hybridized carbons (Fsp3) is 0.444. The highest BCUT2D eigenvalue weighted by Crippen LogP contribution is 2.18. The number of nitrogens with one attached hydrogen (secondary N) is 1. The van der Waals surface area contributed by atoms with Crippen molar-refractivity contribution in [1.82, 2.24) is 24.8 Å². The lowest BCUT2D eigenvalue weighted by molar-refractivity contribution is -0.132. The van der Waals surface area contributed by atoms with Gasteiger partial charge >= 0.3 is 0 Å². The maximum absolute atomic E-state index is 13.3. The highest BCUT2D eigenvalue weighted by atomic mass is 16.5. The second-order valence-electron chi connectivity index (χ2n) is 9.04. The number of nitrogens with zero attached hydrogens (tertiary/aromatic N) is 4. The summed E-state index contributed by atoms with van der Waals surface area (Å²) in [6.07, 6.45) is 8.51. The largest absolute Gasteiger partial charge is 0.497 e. The predicted molar refractivity (Wildman–Crippen MR) is 134 cm³/mol. The molecule has 8 nitrogen and oxygen atoms in total. The second-order valence-corrected chi connectivity index (χ2v) is 9.04. The van der Waals surface area contributed by atoms with Gasteiger partial charge in [0.15, 0.2) is 0 Å². The summed E-state index contributed by atoms with van der Waals surface area (Å²) in [6, 6.07) is 11.8. The molecule has 0 saturated carbocycles. The highest BCUT2D eigenvalue weighted by molar-refractivity contribution is 5.78. The van der Waals surface area contributed by atoms with Crippen LogP contribution in [0.5, 0.6) is 5.75 Å².